The van der Waals surface area contributed by atoms with Crippen molar-refractivity contribution in [1.29, 1.82) is 0 Å². The van der Waals surface area contributed by atoms with Gasteiger partial charge in [0.2, 0.25) is 11.8 Å². The number of primary amides is 1. The van der Waals surface area contributed by atoms with E-state index in [-0.39, 0.29) is 24.0 Å². The number of pyridine rings is 1. The Morgan fingerprint density at radius 1 is 1.42 bits per heavy atom. The first kappa shape index (κ1) is 16.8. The fourth-order valence-corrected chi connectivity index (χ4v) is 3.53. The van der Waals surface area contributed by atoms with Crippen molar-refractivity contribution in [1.82, 2.24) is 9.88 Å². The van der Waals surface area contributed by atoms with Gasteiger partial charge in [-0.25, -0.2) is 4.98 Å². The van der Waals surface area contributed by atoms with Gasteiger partial charge in [0.1, 0.15) is 11.9 Å². The zero-order valence-corrected chi connectivity index (χ0v) is 14.6. The number of ether oxygens (including phenoxy) is 2. The molecule has 0 radical (unpaired) electrons. The molecule has 0 aliphatic carbocycles. The van der Waals surface area contributed by atoms with E-state index in [1.165, 1.54) is 0 Å². The van der Waals surface area contributed by atoms with Gasteiger partial charge in [0.05, 0.1) is 19.3 Å². The highest BCUT2D eigenvalue weighted by molar-refractivity contribution is 6.31. The summed E-state index contributed by atoms with van der Waals surface area (Å²) in [6, 6.07) is 5.13. The predicted octanol–water partition coefficient (Wildman–Crippen LogP) is 2.08. The number of aromatic nitrogens is 1. The van der Waals surface area contributed by atoms with E-state index in [9.17, 15) is 4.79 Å². The number of halogens is 1. The Morgan fingerprint density at radius 3 is 2.79 bits per heavy atom. The van der Waals surface area contributed by atoms with E-state index in [1.54, 1.807) is 25.4 Å². The quantitative estimate of drug-likeness (QED) is 0.914. The Bertz CT molecular complexity index is 783. The standard InChI is InChI=1S/C17H20ClN3O3/c1-9-14(8-21(2)15(9)16(19)22)24-17-12-6-10(18)4-5-11(12)13(23-3)7-20-17/h4-7,9,14-15H,8H2,1-3H3,(H2,19,22)/t9?,14-,15?/m0/s1. The molecule has 1 aromatic heterocycles. The van der Waals surface area contributed by atoms with Crippen LogP contribution in [0.4, 0.5) is 0 Å². The number of methoxy groups -OCH3 is 1. The summed E-state index contributed by atoms with van der Waals surface area (Å²) < 4.78 is 11.5. The molecule has 7 heteroatoms. The van der Waals surface area contributed by atoms with Crippen LogP contribution in [-0.2, 0) is 4.79 Å². The summed E-state index contributed by atoms with van der Waals surface area (Å²) in [6.45, 7) is 2.56. The highest BCUT2D eigenvalue weighted by Crippen LogP contribution is 2.35. The number of carbonyl (C=O) groups excluding carboxylic acids is 1. The lowest BCUT2D eigenvalue weighted by molar-refractivity contribution is -0.122. The van der Waals surface area contributed by atoms with Crippen molar-refractivity contribution in [3.63, 3.8) is 0 Å². The van der Waals surface area contributed by atoms with Gasteiger partial charge in [-0.2, -0.15) is 0 Å². The molecule has 2 heterocycles. The van der Waals surface area contributed by atoms with Crippen LogP contribution in [0.15, 0.2) is 24.4 Å². The van der Waals surface area contributed by atoms with Crippen molar-refractivity contribution in [2.75, 3.05) is 20.7 Å². The van der Waals surface area contributed by atoms with Gasteiger partial charge in [0.15, 0.2) is 0 Å². The van der Waals surface area contributed by atoms with Crippen molar-refractivity contribution in [2.45, 2.75) is 19.1 Å². The van der Waals surface area contributed by atoms with Crippen molar-refractivity contribution in [3.8, 4) is 11.6 Å². The van der Waals surface area contributed by atoms with E-state index in [1.807, 2.05) is 24.9 Å². The average molecular weight is 350 g/mol. The highest BCUT2D eigenvalue weighted by atomic mass is 35.5. The lowest BCUT2D eigenvalue weighted by Crippen LogP contribution is -2.41. The molecule has 1 aromatic carbocycles. The van der Waals surface area contributed by atoms with Crippen molar-refractivity contribution in [2.24, 2.45) is 11.7 Å². The number of likely N-dealkylation sites (N-methyl/N-ethyl adjacent to an activating group) is 1. The zero-order valence-electron chi connectivity index (χ0n) is 13.8. The number of rotatable bonds is 4. The van der Waals surface area contributed by atoms with Crippen molar-refractivity contribution >= 4 is 28.3 Å². The van der Waals surface area contributed by atoms with Crippen LogP contribution in [0.1, 0.15) is 6.92 Å². The number of fused-ring (bicyclic) bond motifs is 1. The largest absolute Gasteiger partial charge is 0.494 e. The molecule has 1 amide bonds. The van der Waals surface area contributed by atoms with Crippen LogP contribution >= 0.6 is 11.6 Å². The summed E-state index contributed by atoms with van der Waals surface area (Å²) in [4.78, 5) is 17.9. The number of carbonyl (C=O) groups is 1. The van der Waals surface area contributed by atoms with Crippen LogP contribution in [0, 0.1) is 5.92 Å². The maximum Gasteiger partial charge on any atom is 0.235 e. The third-order valence-electron chi connectivity index (χ3n) is 4.58. The summed E-state index contributed by atoms with van der Waals surface area (Å²) in [6.07, 6.45) is 1.44. The topological polar surface area (TPSA) is 77.7 Å². The summed E-state index contributed by atoms with van der Waals surface area (Å²) >= 11 is 6.13. The van der Waals surface area contributed by atoms with Gasteiger partial charge >= 0.3 is 0 Å². The molecule has 1 aliphatic rings. The van der Waals surface area contributed by atoms with E-state index in [0.29, 0.717) is 23.2 Å². The number of amides is 1. The van der Waals surface area contributed by atoms with E-state index in [0.717, 1.165) is 10.8 Å². The lowest BCUT2D eigenvalue weighted by Gasteiger charge is -2.20. The predicted molar refractivity (Wildman–Crippen MR) is 92.5 cm³/mol. The second kappa shape index (κ2) is 6.45. The third-order valence-corrected chi connectivity index (χ3v) is 4.81. The van der Waals surface area contributed by atoms with E-state index in [4.69, 9.17) is 26.8 Å². The first-order valence-electron chi connectivity index (χ1n) is 7.71. The van der Waals surface area contributed by atoms with E-state index in [2.05, 4.69) is 4.98 Å². The van der Waals surface area contributed by atoms with Gasteiger partial charge in [0.25, 0.3) is 0 Å². The molecule has 3 rings (SSSR count). The smallest absolute Gasteiger partial charge is 0.235 e. The molecule has 1 fully saturated rings. The summed E-state index contributed by atoms with van der Waals surface area (Å²) in [5.41, 5.74) is 5.50. The SMILES string of the molecule is COc1cnc(O[C@H]2CN(C)C(C(N)=O)C2C)c2cc(Cl)ccc12. The zero-order chi connectivity index (χ0) is 17.4. The first-order valence-corrected chi connectivity index (χ1v) is 8.08. The molecule has 2 unspecified atom stereocenters. The molecule has 1 aliphatic heterocycles. The molecule has 2 N–H and O–H groups in total. The number of hydrogen-bond donors (Lipinski definition) is 1. The van der Waals surface area contributed by atoms with Crippen LogP contribution in [0.25, 0.3) is 10.8 Å². The Morgan fingerprint density at radius 2 is 2.17 bits per heavy atom. The highest BCUT2D eigenvalue weighted by Gasteiger charge is 2.42. The molecule has 3 atom stereocenters. The third kappa shape index (κ3) is 2.87. The molecular formula is C17H20ClN3O3. The van der Waals surface area contributed by atoms with Crippen molar-refractivity contribution in [3.05, 3.63) is 29.4 Å². The Hall–Kier alpha value is -2.05. The Labute approximate surface area is 145 Å². The lowest BCUT2D eigenvalue weighted by atomic mass is 10.00. The monoisotopic (exact) mass is 349 g/mol. The number of hydrogen-bond acceptors (Lipinski definition) is 5. The van der Waals surface area contributed by atoms with Gasteiger partial charge in [-0.05, 0) is 25.2 Å². The maximum atomic E-state index is 11.6. The Balaban J connectivity index is 1.96. The minimum atomic E-state index is -0.344. The summed E-state index contributed by atoms with van der Waals surface area (Å²) in [7, 11) is 3.46. The van der Waals surface area contributed by atoms with Crippen molar-refractivity contribution < 1.29 is 14.3 Å². The fourth-order valence-electron chi connectivity index (χ4n) is 3.35. The van der Waals surface area contributed by atoms with Crippen LogP contribution in [-0.4, -0.2) is 48.6 Å². The normalized spacial score (nSPS) is 24.2. The molecule has 1 saturated heterocycles. The van der Waals surface area contributed by atoms with Crippen LogP contribution < -0.4 is 15.2 Å². The second-order valence-electron chi connectivity index (χ2n) is 6.12. The van der Waals surface area contributed by atoms with Gasteiger partial charge in [-0.3, -0.25) is 9.69 Å². The minimum absolute atomic E-state index is 0.0364. The van der Waals surface area contributed by atoms with Gasteiger partial charge in [-0.15, -0.1) is 0 Å². The van der Waals surface area contributed by atoms with Gasteiger partial charge in [0, 0.05) is 28.3 Å². The minimum Gasteiger partial charge on any atom is -0.494 e. The second-order valence-corrected chi connectivity index (χ2v) is 6.56. The van der Waals surface area contributed by atoms with E-state index < -0.39 is 0 Å². The average Bonchev–Trinajstić information content (AvgIpc) is 2.81. The number of benzene rings is 1. The number of nitrogens with zero attached hydrogens (tertiary/aromatic N) is 2. The van der Waals surface area contributed by atoms with Gasteiger partial charge < -0.3 is 15.2 Å². The van der Waals surface area contributed by atoms with Crippen LogP contribution in [0.5, 0.6) is 11.6 Å². The number of likely N-dealkylation sites (tertiary alicyclic amines) is 1. The fraction of sp³-hybridized carbons (Fsp3) is 0.412. The van der Waals surface area contributed by atoms with Crippen LogP contribution in [0.3, 0.4) is 0 Å². The first-order chi connectivity index (χ1) is 11.4. The molecular weight excluding hydrogens is 330 g/mol. The molecule has 0 saturated carbocycles. The molecule has 128 valence electrons. The maximum absolute atomic E-state index is 11.6. The number of nitrogens with two attached hydrogens (primary N) is 1. The molecule has 6 nitrogen and oxygen atoms in total. The molecule has 0 spiro atoms. The molecule has 2 aromatic rings. The Kier molecular flexibility index (Phi) is 4.51. The van der Waals surface area contributed by atoms with Crippen LogP contribution in [0.2, 0.25) is 5.02 Å². The van der Waals surface area contributed by atoms with E-state index >= 15 is 0 Å². The summed E-state index contributed by atoms with van der Waals surface area (Å²) in [5.74, 6) is 0.751. The molecule has 0 bridgehead atoms. The summed E-state index contributed by atoms with van der Waals surface area (Å²) in [5, 5.41) is 2.24. The van der Waals surface area contributed by atoms with Gasteiger partial charge in [-0.1, -0.05) is 18.5 Å². The molecule has 24 heavy (non-hydrogen) atoms.